The molecule has 0 spiro atoms. The van der Waals surface area contributed by atoms with Gasteiger partial charge in [0, 0.05) is 20.0 Å². The van der Waals surface area contributed by atoms with Crippen molar-refractivity contribution in [2.24, 2.45) is 0 Å². The Hall–Kier alpha value is -3.94. The van der Waals surface area contributed by atoms with Crippen molar-refractivity contribution < 1.29 is 14.3 Å². The minimum absolute atomic E-state index is 0.00432. The van der Waals surface area contributed by atoms with Crippen molar-refractivity contribution in [2.45, 2.75) is 25.9 Å². The molecule has 0 unspecified atom stereocenters. The molecule has 0 radical (unpaired) electrons. The molecular formula is C24H27N5O3. The highest BCUT2D eigenvalue weighted by molar-refractivity contribution is 5.91. The van der Waals surface area contributed by atoms with Crippen LogP contribution >= 0.6 is 0 Å². The Morgan fingerprint density at radius 3 is 2.31 bits per heavy atom. The van der Waals surface area contributed by atoms with Gasteiger partial charge in [0.2, 0.25) is 5.95 Å². The van der Waals surface area contributed by atoms with E-state index in [1.165, 1.54) is 0 Å². The molecule has 0 aliphatic carbocycles. The minimum atomic E-state index is -0.752. The second-order valence-corrected chi connectivity index (χ2v) is 7.27. The van der Waals surface area contributed by atoms with Gasteiger partial charge in [-0.25, -0.2) is 4.79 Å². The Morgan fingerprint density at radius 1 is 1.09 bits per heavy atom. The van der Waals surface area contributed by atoms with Gasteiger partial charge in [-0.1, -0.05) is 60.7 Å². The first-order valence-electron chi connectivity index (χ1n) is 10.4. The average Bonchev–Trinajstić information content (AvgIpc) is 2.80. The van der Waals surface area contributed by atoms with Gasteiger partial charge in [-0.15, -0.1) is 0 Å². The van der Waals surface area contributed by atoms with E-state index < -0.39 is 12.0 Å². The number of benzene rings is 2. The third kappa shape index (κ3) is 5.81. The van der Waals surface area contributed by atoms with Crippen LogP contribution in [0.1, 0.15) is 28.4 Å². The summed E-state index contributed by atoms with van der Waals surface area (Å²) in [5.41, 5.74) is 8.17. The molecule has 0 aliphatic heterocycles. The highest BCUT2D eigenvalue weighted by Crippen LogP contribution is 2.25. The highest BCUT2D eigenvalue weighted by Gasteiger charge is 2.24. The Balaban J connectivity index is 1.92. The Morgan fingerprint density at radius 2 is 1.72 bits per heavy atom. The zero-order chi connectivity index (χ0) is 22.9. The summed E-state index contributed by atoms with van der Waals surface area (Å²) in [5.74, 6) is 0.123. The number of hydrogen-bond acceptors (Lipinski definition) is 8. The molecule has 8 heteroatoms. The van der Waals surface area contributed by atoms with Crippen LogP contribution in [-0.2, 0) is 22.5 Å². The SMILES string of the molecule is CCOC(=O)[C@H](Cc1ccccc1)Nc1nc(N)nc(N(C)Cc2ccccc2)c1C=O. The van der Waals surface area contributed by atoms with Gasteiger partial charge in [-0.05, 0) is 18.1 Å². The summed E-state index contributed by atoms with van der Waals surface area (Å²) in [7, 11) is 1.82. The normalized spacial score (nSPS) is 11.4. The predicted molar refractivity (Wildman–Crippen MR) is 125 cm³/mol. The second-order valence-electron chi connectivity index (χ2n) is 7.27. The number of aromatic nitrogens is 2. The van der Waals surface area contributed by atoms with Crippen LogP contribution in [-0.4, -0.2) is 41.9 Å². The standard InChI is InChI=1S/C24H27N5O3/c1-3-32-23(31)20(14-17-10-6-4-7-11-17)26-21-19(16-30)22(28-24(25)27-21)29(2)15-18-12-8-5-9-13-18/h4-13,16,20H,3,14-15H2,1-2H3,(H3,25,26,27,28)/t20-/m0/s1. The van der Waals surface area contributed by atoms with Crippen LogP contribution in [0.15, 0.2) is 60.7 Å². The van der Waals surface area contributed by atoms with Gasteiger partial charge < -0.3 is 20.7 Å². The van der Waals surface area contributed by atoms with Crippen molar-refractivity contribution in [3.8, 4) is 0 Å². The maximum Gasteiger partial charge on any atom is 0.328 e. The quantitative estimate of drug-likeness (QED) is 0.371. The Bertz CT molecular complexity index is 1040. The fraction of sp³-hybridized carbons (Fsp3) is 0.250. The average molecular weight is 434 g/mol. The van der Waals surface area contributed by atoms with Crippen LogP contribution in [0.4, 0.5) is 17.6 Å². The van der Waals surface area contributed by atoms with Crippen molar-refractivity contribution >= 4 is 29.8 Å². The smallest absolute Gasteiger partial charge is 0.328 e. The highest BCUT2D eigenvalue weighted by atomic mass is 16.5. The molecule has 8 nitrogen and oxygen atoms in total. The van der Waals surface area contributed by atoms with Gasteiger partial charge in [-0.3, -0.25) is 4.79 Å². The molecule has 0 bridgehead atoms. The van der Waals surface area contributed by atoms with Gasteiger partial charge in [0.25, 0.3) is 0 Å². The Labute approximate surface area is 187 Å². The molecule has 3 rings (SSSR count). The van der Waals surface area contributed by atoms with Crippen LogP contribution in [0.5, 0.6) is 0 Å². The first kappa shape index (κ1) is 22.7. The monoisotopic (exact) mass is 433 g/mol. The van der Waals surface area contributed by atoms with Crippen LogP contribution < -0.4 is 16.0 Å². The first-order valence-corrected chi connectivity index (χ1v) is 10.4. The first-order chi connectivity index (χ1) is 15.5. The molecule has 1 heterocycles. The van der Waals surface area contributed by atoms with E-state index in [2.05, 4.69) is 15.3 Å². The molecular weight excluding hydrogens is 406 g/mol. The summed E-state index contributed by atoms with van der Waals surface area (Å²) in [5, 5.41) is 3.07. The predicted octanol–water partition coefficient (Wildman–Crippen LogP) is 3.09. The number of carbonyl (C=O) groups is 2. The van der Waals surface area contributed by atoms with Crippen molar-refractivity contribution in [3.63, 3.8) is 0 Å². The van der Waals surface area contributed by atoms with E-state index in [-0.39, 0.29) is 23.9 Å². The zero-order valence-corrected chi connectivity index (χ0v) is 18.2. The van der Waals surface area contributed by atoms with Crippen molar-refractivity contribution in [2.75, 3.05) is 29.6 Å². The number of anilines is 3. The van der Waals surface area contributed by atoms with E-state index in [0.29, 0.717) is 25.1 Å². The molecule has 0 fully saturated rings. The lowest BCUT2D eigenvalue weighted by Gasteiger charge is -2.23. The van der Waals surface area contributed by atoms with E-state index >= 15 is 0 Å². The molecule has 0 saturated heterocycles. The third-order valence-electron chi connectivity index (χ3n) is 4.85. The van der Waals surface area contributed by atoms with Crippen molar-refractivity contribution in [1.82, 2.24) is 9.97 Å². The molecule has 0 aliphatic rings. The Kier molecular flexibility index (Phi) is 7.75. The molecule has 3 aromatic rings. The lowest BCUT2D eigenvalue weighted by Crippen LogP contribution is -2.35. The van der Waals surface area contributed by atoms with Gasteiger partial charge in [0.05, 0.1) is 12.2 Å². The summed E-state index contributed by atoms with van der Waals surface area (Å²) < 4.78 is 5.23. The van der Waals surface area contributed by atoms with E-state index in [1.807, 2.05) is 72.6 Å². The summed E-state index contributed by atoms with van der Waals surface area (Å²) in [6, 6.07) is 18.6. The van der Waals surface area contributed by atoms with Crippen molar-refractivity contribution in [1.29, 1.82) is 0 Å². The third-order valence-corrected chi connectivity index (χ3v) is 4.85. The van der Waals surface area contributed by atoms with Crippen LogP contribution in [0, 0.1) is 0 Å². The number of nitrogen functional groups attached to an aromatic ring is 1. The number of nitrogens with two attached hydrogens (primary N) is 1. The molecule has 166 valence electrons. The fourth-order valence-corrected chi connectivity index (χ4v) is 3.37. The number of hydrogen-bond donors (Lipinski definition) is 2. The van der Waals surface area contributed by atoms with Crippen LogP contribution in [0.2, 0.25) is 0 Å². The topological polar surface area (TPSA) is 110 Å². The van der Waals surface area contributed by atoms with Gasteiger partial charge in [0.1, 0.15) is 17.7 Å². The molecule has 2 aromatic carbocycles. The number of nitrogens with zero attached hydrogens (tertiary/aromatic N) is 3. The second kappa shape index (κ2) is 10.9. The van der Waals surface area contributed by atoms with Crippen LogP contribution in [0.3, 0.4) is 0 Å². The number of aldehydes is 1. The summed E-state index contributed by atoms with van der Waals surface area (Å²) in [4.78, 5) is 35.0. The summed E-state index contributed by atoms with van der Waals surface area (Å²) >= 11 is 0. The molecule has 3 N–H and O–H groups in total. The lowest BCUT2D eigenvalue weighted by molar-refractivity contribution is -0.144. The largest absolute Gasteiger partial charge is 0.464 e. The van der Waals surface area contributed by atoms with Gasteiger partial charge in [0.15, 0.2) is 6.29 Å². The van der Waals surface area contributed by atoms with E-state index in [0.717, 1.165) is 11.1 Å². The molecule has 0 amide bonds. The number of esters is 1. The molecule has 1 atom stereocenters. The minimum Gasteiger partial charge on any atom is -0.464 e. The van der Waals surface area contributed by atoms with Crippen LogP contribution in [0.25, 0.3) is 0 Å². The molecule has 1 aromatic heterocycles. The zero-order valence-electron chi connectivity index (χ0n) is 18.2. The van der Waals surface area contributed by atoms with E-state index in [4.69, 9.17) is 10.5 Å². The van der Waals surface area contributed by atoms with Crippen molar-refractivity contribution in [3.05, 3.63) is 77.4 Å². The number of rotatable bonds is 10. The van der Waals surface area contributed by atoms with Gasteiger partial charge in [-0.2, -0.15) is 9.97 Å². The van der Waals surface area contributed by atoms with E-state index in [9.17, 15) is 9.59 Å². The molecule has 0 saturated carbocycles. The van der Waals surface area contributed by atoms with E-state index in [1.54, 1.807) is 6.92 Å². The molecule has 32 heavy (non-hydrogen) atoms. The fourth-order valence-electron chi connectivity index (χ4n) is 3.37. The number of nitrogens with one attached hydrogen (secondary N) is 1. The summed E-state index contributed by atoms with van der Waals surface area (Å²) in [6.45, 7) is 2.50. The van der Waals surface area contributed by atoms with Gasteiger partial charge >= 0.3 is 5.97 Å². The summed E-state index contributed by atoms with van der Waals surface area (Å²) in [6.07, 6.45) is 1.03. The maximum absolute atomic E-state index is 12.6. The lowest BCUT2D eigenvalue weighted by atomic mass is 10.1. The maximum atomic E-state index is 12.6. The number of ether oxygens (including phenoxy) is 1. The number of carbonyl (C=O) groups excluding carboxylic acids is 2.